The van der Waals surface area contributed by atoms with Gasteiger partial charge in [-0.3, -0.25) is 9.69 Å². The van der Waals surface area contributed by atoms with Crippen molar-refractivity contribution in [3.05, 3.63) is 39.9 Å². The number of rotatable bonds is 2. The third-order valence-electron chi connectivity index (χ3n) is 3.98. The summed E-state index contributed by atoms with van der Waals surface area (Å²) in [5.41, 5.74) is 1.81. The number of fused-ring (bicyclic) bond motifs is 1. The van der Waals surface area contributed by atoms with Gasteiger partial charge in [0.1, 0.15) is 5.82 Å². The number of nitrogens with zero attached hydrogens (tertiary/aromatic N) is 2. The molecule has 1 aliphatic rings. The van der Waals surface area contributed by atoms with Crippen LogP contribution < -0.4 is 10.9 Å². The molecule has 2 aromatic rings. The number of benzene rings is 1. The molecular weight excluding hydrogens is 252 g/mol. The fourth-order valence-electron chi connectivity index (χ4n) is 2.74. The van der Waals surface area contributed by atoms with E-state index in [-0.39, 0.29) is 5.56 Å². The maximum Gasteiger partial charge on any atom is 0.258 e. The molecule has 0 unspecified atom stereocenters. The lowest BCUT2D eigenvalue weighted by Gasteiger charge is -2.33. The third kappa shape index (κ3) is 2.46. The molecule has 5 heteroatoms. The zero-order valence-corrected chi connectivity index (χ0v) is 11.9. The molecule has 0 amide bonds. The molecule has 1 aromatic carbocycles. The molecule has 0 aliphatic carbocycles. The van der Waals surface area contributed by atoms with E-state index in [4.69, 9.17) is 0 Å². The molecule has 20 heavy (non-hydrogen) atoms. The Balaban J connectivity index is 1.96. The topological polar surface area (TPSA) is 61.0 Å². The summed E-state index contributed by atoms with van der Waals surface area (Å²) in [4.78, 5) is 22.1. The number of H-pyrrole nitrogens is 1. The average Bonchev–Trinajstić information content (AvgIpc) is 2.43. The molecule has 5 nitrogen and oxygen atoms in total. The molecule has 2 N–H and O–H groups in total. The molecule has 1 atom stereocenters. The number of aryl methyl sites for hydroxylation is 1. The lowest BCUT2D eigenvalue weighted by Crippen LogP contribution is -2.49. The average molecular weight is 272 g/mol. The second-order valence-electron chi connectivity index (χ2n) is 5.51. The van der Waals surface area contributed by atoms with Gasteiger partial charge in [-0.15, -0.1) is 0 Å². The first kappa shape index (κ1) is 13.3. The van der Waals surface area contributed by atoms with Crippen LogP contribution in [0.4, 0.5) is 0 Å². The molecule has 2 heterocycles. The van der Waals surface area contributed by atoms with Crippen LogP contribution in [0.15, 0.2) is 23.0 Å². The summed E-state index contributed by atoms with van der Waals surface area (Å²) in [6, 6.07) is 6.17. The Morgan fingerprint density at radius 1 is 1.45 bits per heavy atom. The van der Waals surface area contributed by atoms with E-state index in [9.17, 15) is 4.79 Å². The summed E-state index contributed by atoms with van der Waals surface area (Å²) in [6.07, 6.45) is 0. The van der Waals surface area contributed by atoms with Crippen LogP contribution in [0.25, 0.3) is 10.9 Å². The fourth-order valence-corrected chi connectivity index (χ4v) is 2.74. The highest BCUT2D eigenvalue weighted by atomic mass is 16.1. The number of aromatic amines is 1. The summed E-state index contributed by atoms with van der Waals surface area (Å²) < 4.78 is 0. The Labute approximate surface area is 118 Å². The minimum atomic E-state index is -0.0449. The predicted octanol–water partition coefficient (Wildman–Crippen LogP) is 1.03. The van der Waals surface area contributed by atoms with Crippen molar-refractivity contribution in [3.63, 3.8) is 0 Å². The number of piperazine rings is 1. The second kappa shape index (κ2) is 5.34. The first-order chi connectivity index (χ1) is 9.65. The van der Waals surface area contributed by atoms with E-state index in [2.05, 4.69) is 27.1 Å². The highest BCUT2D eigenvalue weighted by Crippen LogP contribution is 2.13. The van der Waals surface area contributed by atoms with Crippen LogP contribution in [0.3, 0.4) is 0 Å². The van der Waals surface area contributed by atoms with Crippen molar-refractivity contribution >= 4 is 10.9 Å². The van der Waals surface area contributed by atoms with Crippen molar-refractivity contribution in [2.45, 2.75) is 26.4 Å². The van der Waals surface area contributed by atoms with Gasteiger partial charge in [-0.25, -0.2) is 4.98 Å². The molecule has 0 radical (unpaired) electrons. The van der Waals surface area contributed by atoms with Crippen LogP contribution in [-0.2, 0) is 6.54 Å². The van der Waals surface area contributed by atoms with E-state index in [1.165, 1.54) is 0 Å². The van der Waals surface area contributed by atoms with Gasteiger partial charge in [0.25, 0.3) is 5.56 Å². The molecule has 0 saturated carbocycles. The summed E-state index contributed by atoms with van der Waals surface area (Å²) in [7, 11) is 0. The van der Waals surface area contributed by atoms with Crippen LogP contribution in [-0.4, -0.2) is 40.5 Å². The van der Waals surface area contributed by atoms with Crippen molar-refractivity contribution in [1.29, 1.82) is 0 Å². The lowest BCUT2D eigenvalue weighted by atomic mass is 10.1. The number of aromatic nitrogens is 2. The number of hydrogen-bond donors (Lipinski definition) is 2. The van der Waals surface area contributed by atoms with Gasteiger partial charge in [0.05, 0.1) is 17.4 Å². The minimum Gasteiger partial charge on any atom is -0.314 e. The van der Waals surface area contributed by atoms with Crippen molar-refractivity contribution in [2.24, 2.45) is 0 Å². The standard InChI is InChI=1S/C15H20N4O/c1-10-4-3-5-12-14(10)17-13(18-15(12)20)9-19-7-6-16-8-11(19)2/h3-5,11,16H,6-9H2,1-2H3,(H,17,18,20)/t11-/m1/s1. The molecule has 3 rings (SSSR count). The van der Waals surface area contributed by atoms with Crippen molar-refractivity contribution < 1.29 is 0 Å². The van der Waals surface area contributed by atoms with Gasteiger partial charge in [-0.2, -0.15) is 0 Å². The highest BCUT2D eigenvalue weighted by Gasteiger charge is 2.19. The Morgan fingerprint density at radius 2 is 2.30 bits per heavy atom. The maximum atomic E-state index is 12.1. The van der Waals surface area contributed by atoms with Crippen molar-refractivity contribution in [2.75, 3.05) is 19.6 Å². The van der Waals surface area contributed by atoms with Crippen LogP contribution in [0.2, 0.25) is 0 Å². The Kier molecular flexibility index (Phi) is 3.54. The first-order valence-corrected chi connectivity index (χ1v) is 7.08. The molecule has 1 fully saturated rings. The molecule has 1 aromatic heterocycles. The quantitative estimate of drug-likeness (QED) is 0.857. The molecule has 0 spiro atoms. The van der Waals surface area contributed by atoms with Crippen molar-refractivity contribution in [3.8, 4) is 0 Å². The third-order valence-corrected chi connectivity index (χ3v) is 3.98. The van der Waals surface area contributed by atoms with Crippen LogP contribution in [0, 0.1) is 6.92 Å². The van der Waals surface area contributed by atoms with E-state index in [0.717, 1.165) is 36.5 Å². The summed E-state index contributed by atoms with van der Waals surface area (Å²) >= 11 is 0. The highest BCUT2D eigenvalue weighted by molar-refractivity contribution is 5.80. The monoisotopic (exact) mass is 272 g/mol. The van der Waals surface area contributed by atoms with E-state index in [1.54, 1.807) is 0 Å². The first-order valence-electron chi connectivity index (χ1n) is 7.08. The minimum absolute atomic E-state index is 0.0449. The fraction of sp³-hybridized carbons (Fsp3) is 0.467. The SMILES string of the molecule is Cc1cccc2c(=O)[nH]c(CN3CCNC[C@H]3C)nc12. The van der Waals surface area contributed by atoms with Gasteiger partial charge >= 0.3 is 0 Å². The van der Waals surface area contributed by atoms with Crippen LogP contribution in [0.5, 0.6) is 0 Å². The molecule has 1 aliphatic heterocycles. The van der Waals surface area contributed by atoms with Gasteiger partial charge in [0.15, 0.2) is 0 Å². The van der Waals surface area contributed by atoms with Crippen LogP contribution in [0.1, 0.15) is 18.3 Å². The zero-order valence-electron chi connectivity index (χ0n) is 11.9. The Morgan fingerprint density at radius 3 is 3.10 bits per heavy atom. The van der Waals surface area contributed by atoms with Gasteiger partial charge in [0.2, 0.25) is 0 Å². The van der Waals surface area contributed by atoms with E-state index >= 15 is 0 Å². The van der Waals surface area contributed by atoms with Gasteiger partial charge in [0, 0.05) is 25.7 Å². The normalized spacial score (nSPS) is 20.4. The Bertz CT molecular complexity index is 679. The Hall–Kier alpha value is -1.72. The largest absolute Gasteiger partial charge is 0.314 e. The smallest absolute Gasteiger partial charge is 0.258 e. The second-order valence-corrected chi connectivity index (χ2v) is 5.51. The number of hydrogen-bond acceptors (Lipinski definition) is 4. The van der Waals surface area contributed by atoms with Gasteiger partial charge in [-0.05, 0) is 25.5 Å². The lowest BCUT2D eigenvalue weighted by molar-refractivity contribution is 0.162. The number of nitrogens with one attached hydrogen (secondary N) is 2. The molecule has 0 bridgehead atoms. The zero-order chi connectivity index (χ0) is 14.1. The maximum absolute atomic E-state index is 12.1. The number of para-hydroxylation sites is 1. The van der Waals surface area contributed by atoms with E-state index in [0.29, 0.717) is 18.0 Å². The summed E-state index contributed by atoms with van der Waals surface area (Å²) in [6.45, 7) is 7.83. The van der Waals surface area contributed by atoms with E-state index < -0.39 is 0 Å². The molecular formula is C15H20N4O. The van der Waals surface area contributed by atoms with Crippen molar-refractivity contribution in [1.82, 2.24) is 20.2 Å². The predicted molar refractivity (Wildman–Crippen MR) is 79.8 cm³/mol. The summed E-state index contributed by atoms with van der Waals surface area (Å²) in [5.74, 6) is 0.755. The van der Waals surface area contributed by atoms with E-state index in [1.807, 2.05) is 25.1 Å². The molecule has 1 saturated heterocycles. The van der Waals surface area contributed by atoms with Gasteiger partial charge in [-0.1, -0.05) is 12.1 Å². The van der Waals surface area contributed by atoms with Gasteiger partial charge < -0.3 is 10.3 Å². The van der Waals surface area contributed by atoms with Crippen LogP contribution >= 0.6 is 0 Å². The molecule has 106 valence electrons. The summed E-state index contributed by atoms with van der Waals surface area (Å²) in [5, 5.41) is 4.03.